The van der Waals surface area contributed by atoms with E-state index in [1.54, 1.807) is 0 Å². The van der Waals surface area contributed by atoms with Gasteiger partial charge in [0.2, 0.25) is 0 Å². The largest absolute Gasteiger partial charge is 0.513 e. The van der Waals surface area contributed by atoms with E-state index in [2.05, 4.69) is 10.5 Å². The minimum atomic E-state index is -1.62. The van der Waals surface area contributed by atoms with Gasteiger partial charge < -0.3 is 15.6 Å². The van der Waals surface area contributed by atoms with Crippen LogP contribution in [0.3, 0.4) is 0 Å². The molecule has 0 atom stereocenters. The molecule has 46 valence electrons. The predicted molar refractivity (Wildman–Crippen MR) is 23.2 cm³/mol. The minimum absolute atomic E-state index is 0.410. The third-order valence-electron chi connectivity index (χ3n) is 0.368. The van der Waals surface area contributed by atoms with Crippen LogP contribution in [0.1, 0.15) is 0 Å². The molecule has 0 aliphatic heterocycles. The summed E-state index contributed by atoms with van der Waals surface area (Å²) in [5.74, 6) is -0.947. The molecule has 5 heteroatoms. The fourth-order valence-electron chi connectivity index (χ4n) is 0.139. The van der Waals surface area contributed by atoms with E-state index in [1.807, 2.05) is 0 Å². The Labute approximate surface area is 45.0 Å². The first-order chi connectivity index (χ1) is 3.66. The standard InChI is InChI=1S/C3H5NO4/c4-1-2(5)8-3(6)7/h1,4H2,(H,6,7). The number of hydrogen-bond donors (Lipinski definition) is 2. The highest BCUT2D eigenvalue weighted by molar-refractivity contribution is 5.81. The van der Waals surface area contributed by atoms with Crippen molar-refractivity contribution in [3.63, 3.8) is 0 Å². The average molecular weight is 119 g/mol. The van der Waals surface area contributed by atoms with Crippen LogP contribution in [0.5, 0.6) is 0 Å². The van der Waals surface area contributed by atoms with E-state index >= 15 is 0 Å². The van der Waals surface area contributed by atoms with Gasteiger partial charge in [0.15, 0.2) is 0 Å². The van der Waals surface area contributed by atoms with Gasteiger partial charge in [0, 0.05) is 0 Å². The highest BCUT2D eigenvalue weighted by Gasteiger charge is 2.02. The molecule has 0 rings (SSSR count). The lowest BCUT2D eigenvalue weighted by atomic mass is 10.7. The Morgan fingerprint density at radius 3 is 2.25 bits per heavy atom. The zero-order valence-corrected chi connectivity index (χ0v) is 3.96. The first kappa shape index (κ1) is 6.90. The van der Waals surface area contributed by atoms with Gasteiger partial charge in [-0.15, -0.1) is 0 Å². The SMILES string of the molecule is NCC(=O)OC(=O)O. The highest BCUT2D eigenvalue weighted by Crippen LogP contribution is 1.74. The maximum Gasteiger partial charge on any atom is 0.513 e. The van der Waals surface area contributed by atoms with Gasteiger partial charge in [-0.2, -0.15) is 0 Å². The molecule has 0 bridgehead atoms. The Bertz CT molecular complexity index is 110. The van der Waals surface area contributed by atoms with Crippen molar-refractivity contribution in [2.24, 2.45) is 5.73 Å². The number of carbonyl (C=O) groups excluding carboxylic acids is 1. The van der Waals surface area contributed by atoms with E-state index in [-0.39, 0.29) is 0 Å². The van der Waals surface area contributed by atoms with Gasteiger partial charge in [0.1, 0.15) is 0 Å². The summed E-state index contributed by atoms with van der Waals surface area (Å²) < 4.78 is 3.55. The lowest BCUT2D eigenvalue weighted by molar-refractivity contribution is -0.137. The summed E-state index contributed by atoms with van der Waals surface area (Å²) in [7, 11) is 0. The number of esters is 1. The van der Waals surface area contributed by atoms with Crippen LogP contribution in [-0.2, 0) is 9.53 Å². The topological polar surface area (TPSA) is 89.6 Å². The Kier molecular flexibility index (Phi) is 2.57. The molecular formula is C3H5NO4. The number of nitrogens with two attached hydrogens (primary N) is 1. The van der Waals surface area contributed by atoms with Gasteiger partial charge in [-0.1, -0.05) is 0 Å². The zero-order valence-electron chi connectivity index (χ0n) is 3.96. The molecule has 0 aromatic carbocycles. The van der Waals surface area contributed by atoms with Gasteiger partial charge in [-0.3, -0.25) is 4.79 Å². The normalized spacial score (nSPS) is 8.12. The van der Waals surface area contributed by atoms with Crippen molar-refractivity contribution in [1.29, 1.82) is 0 Å². The quantitative estimate of drug-likeness (QED) is 0.347. The Hall–Kier alpha value is -1.10. The summed E-state index contributed by atoms with van der Waals surface area (Å²) in [5.41, 5.74) is 4.68. The van der Waals surface area contributed by atoms with Crippen LogP contribution in [0, 0.1) is 0 Å². The molecular weight excluding hydrogens is 114 g/mol. The summed E-state index contributed by atoms with van der Waals surface area (Å²) in [5, 5.41) is 7.72. The molecule has 0 aromatic rings. The first-order valence-corrected chi connectivity index (χ1v) is 1.80. The van der Waals surface area contributed by atoms with Crippen LogP contribution in [0.25, 0.3) is 0 Å². The molecule has 0 spiro atoms. The molecule has 0 aliphatic rings. The van der Waals surface area contributed by atoms with Crippen molar-refractivity contribution in [1.82, 2.24) is 0 Å². The Morgan fingerprint density at radius 1 is 1.62 bits per heavy atom. The van der Waals surface area contributed by atoms with Gasteiger partial charge in [0.25, 0.3) is 0 Å². The molecule has 0 radical (unpaired) electrons. The van der Waals surface area contributed by atoms with Gasteiger partial charge >= 0.3 is 12.1 Å². The lowest BCUT2D eigenvalue weighted by Gasteiger charge is -1.90. The van der Waals surface area contributed by atoms with Crippen LogP contribution >= 0.6 is 0 Å². The minimum Gasteiger partial charge on any atom is -0.449 e. The van der Waals surface area contributed by atoms with E-state index in [1.165, 1.54) is 0 Å². The van der Waals surface area contributed by atoms with Crippen LogP contribution in [-0.4, -0.2) is 23.8 Å². The molecule has 0 unspecified atom stereocenters. The van der Waals surface area contributed by atoms with Crippen molar-refractivity contribution in [3.8, 4) is 0 Å². The fourth-order valence-corrected chi connectivity index (χ4v) is 0.139. The summed E-state index contributed by atoms with van der Waals surface area (Å²) in [6, 6.07) is 0. The van der Waals surface area contributed by atoms with E-state index in [0.717, 1.165) is 0 Å². The summed E-state index contributed by atoms with van der Waals surface area (Å²) >= 11 is 0. The molecule has 5 nitrogen and oxygen atoms in total. The summed E-state index contributed by atoms with van der Waals surface area (Å²) in [4.78, 5) is 19.4. The van der Waals surface area contributed by atoms with E-state index in [4.69, 9.17) is 5.11 Å². The maximum atomic E-state index is 9.89. The Balaban J connectivity index is 3.40. The fraction of sp³-hybridized carbons (Fsp3) is 0.333. The summed E-state index contributed by atoms with van der Waals surface area (Å²) in [6.45, 7) is -0.410. The van der Waals surface area contributed by atoms with Crippen molar-refractivity contribution in [2.75, 3.05) is 6.54 Å². The first-order valence-electron chi connectivity index (χ1n) is 1.80. The van der Waals surface area contributed by atoms with Crippen LogP contribution < -0.4 is 5.73 Å². The molecule has 0 heterocycles. The summed E-state index contributed by atoms with van der Waals surface area (Å²) in [6.07, 6.45) is -1.62. The van der Waals surface area contributed by atoms with Crippen molar-refractivity contribution < 1.29 is 19.4 Å². The number of hydrogen-bond acceptors (Lipinski definition) is 4. The van der Waals surface area contributed by atoms with Crippen molar-refractivity contribution in [2.45, 2.75) is 0 Å². The third-order valence-corrected chi connectivity index (χ3v) is 0.368. The molecule has 0 aromatic heterocycles. The monoisotopic (exact) mass is 119 g/mol. The van der Waals surface area contributed by atoms with Gasteiger partial charge in [-0.05, 0) is 0 Å². The van der Waals surface area contributed by atoms with Gasteiger partial charge in [-0.25, -0.2) is 4.79 Å². The highest BCUT2D eigenvalue weighted by atomic mass is 16.7. The molecule has 0 aliphatic carbocycles. The van der Waals surface area contributed by atoms with Gasteiger partial charge in [0.05, 0.1) is 6.54 Å². The molecule has 0 fully saturated rings. The smallest absolute Gasteiger partial charge is 0.449 e. The predicted octanol–water partition coefficient (Wildman–Crippen LogP) is -0.834. The number of ether oxygens (including phenoxy) is 1. The second kappa shape index (κ2) is 2.98. The molecule has 3 N–H and O–H groups in total. The lowest BCUT2D eigenvalue weighted by Crippen LogP contribution is -2.19. The second-order valence-electron chi connectivity index (χ2n) is 0.944. The van der Waals surface area contributed by atoms with E-state index in [0.29, 0.717) is 0 Å². The van der Waals surface area contributed by atoms with Crippen molar-refractivity contribution in [3.05, 3.63) is 0 Å². The zero-order chi connectivity index (χ0) is 6.57. The third kappa shape index (κ3) is 3.10. The van der Waals surface area contributed by atoms with Crippen molar-refractivity contribution >= 4 is 12.1 Å². The van der Waals surface area contributed by atoms with Crippen LogP contribution in [0.15, 0.2) is 0 Å². The molecule has 8 heavy (non-hydrogen) atoms. The van der Waals surface area contributed by atoms with Crippen LogP contribution in [0.2, 0.25) is 0 Å². The Morgan fingerprint density at radius 2 is 2.12 bits per heavy atom. The number of carbonyl (C=O) groups is 2. The maximum absolute atomic E-state index is 9.89. The van der Waals surface area contributed by atoms with E-state index < -0.39 is 18.7 Å². The molecule has 0 amide bonds. The molecule has 0 saturated carbocycles. The van der Waals surface area contributed by atoms with Crippen LogP contribution in [0.4, 0.5) is 4.79 Å². The number of rotatable bonds is 1. The molecule has 0 saturated heterocycles. The second-order valence-corrected chi connectivity index (χ2v) is 0.944. The average Bonchev–Trinajstić information content (AvgIpc) is 1.65. The number of carboxylic acid groups (broad SMARTS) is 1. The van der Waals surface area contributed by atoms with E-state index in [9.17, 15) is 9.59 Å².